The number of allylic oxidation sites excluding steroid dienone is 2. The quantitative estimate of drug-likeness (QED) is 0.644. The summed E-state index contributed by atoms with van der Waals surface area (Å²) in [6.45, 7) is 2.43. The topological polar surface area (TPSA) is 94.2 Å². The van der Waals surface area contributed by atoms with Crippen molar-refractivity contribution in [1.82, 2.24) is 0 Å². The van der Waals surface area contributed by atoms with Crippen molar-refractivity contribution in [3.63, 3.8) is 0 Å². The molecule has 3 rings (SSSR count). The number of hydrogen-bond acceptors (Lipinski definition) is 7. The van der Waals surface area contributed by atoms with Crippen LogP contribution >= 0.6 is 0 Å². The van der Waals surface area contributed by atoms with E-state index in [9.17, 15) is 14.4 Å². The van der Waals surface area contributed by atoms with Crippen LogP contribution in [-0.4, -0.2) is 38.7 Å². The Balaban J connectivity index is 2.02. The van der Waals surface area contributed by atoms with Crippen LogP contribution in [0, 0.1) is 0 Å². The molecule has 33 heavy (non-hydrogen) atoms. The molecule has 0 atom stereocenters. The molecule has 1 amide bonds. The maximum Gasteiger partial charge on any atom is 0.355 e. The van der Waals surface area contributed by atoms with Gasteiger partial charge in [0.2, 0.25) is 0 Å². The second-order valence-electron chi connectivity index (χ2n) is 6.74. The van der Waals surface area contributed by atoms with Crippen LogP contribution in [0.15, 0.2) is 84.2 Å². The first-order valence-electron chi connectivity index (χ1n) is 10.2. The summed E-state index contributed by atoms with van der Waals surface area (Å²) in [5.41, 5.74) is 1.16. The van der Waals surface area contributed by atoms with E-state index in [1.165, 1.54) is 25.2 Å². The number of nitrogens with one attached hydrogen (secondary N) is 1. The molecule has 0 unspecified atom stereocenters. The number of rotatable bonds is 7. The molecule has 0 radical (unpaired) electrons. The minimum absolute atomic E-state index is 0.00364. The normalized spacial score (nSPS) is 12.8. The molecule has 0 saturated carbocycles. The van der Waals surface area contributed by atoms with Crippen molar-refractivity contribution in [1.29, 1.82) is 0 Å². The SMILES string of the molecule is CCOc1ccc(NC(=O)c2ccccc2N2C=CC=CC(C(=O)OC)=C2C(=O)OC)cc1. The van der Waals surface area contributed by atoms with E-state index in [0.717, 1.165) is 0 Å². The summed E-state index contributed by atoms with van der Waals surface area (Å²) >= 11 is 0. The maximum absolute atomic E-state index is 13.2. The van der Waals surface area contributed by atoms with Crippen LogP contribution in [0.3, 0.4) is 0 Å². The first-order chi connectivity index (χ1) is 16.0. The fourth-order valence-electron chi connectivity index (χ4n) is 3.23. The Hall–Kier alpha value is -4.33. The largest absolute Gasteiger partial charge is 0.494 e. The van der Waals surface area contributed by atoms with Gasteiger partial charge in [-0.1, -0.05) is 18.2 Å². The minimum Gasteiger partial charge on any atom is -0.494 e. The van der Waals surface area contributed by atoms with Gasteiger partial charge in [-0.25, -0.2) is 9.59 Å². The Kier molecular flexibility index (Phi) is 7.64. The van der Waals surface area contributed by atoms with Crippen LogP contribution < -0.4 is 15.0 Å². The predicted octanol–water partition coefficient (Wildman–Crippen LogP) is 3.83. The molecule has 1 heterocycles. The van der Waals surface area contributed by atoms with Crippen LogP contribution in [-0.2, 0) is 19.1 Å². The van der Waals surface area contributed by atoms with Crippen molar-refractivity contribution in [2.24, 2.45) is 0 Å². The summed E-state index contributed by atoms with van der Waals surface area (Å²) in [5, 5.41) is 2.84. The van der Waals surface area contributed by atoms with E-state index < -0.39 is 17.8 Å². The van der Waals surface area contributed by atoms with Gasteiger partial charge in [0, 0.05) is 11.9 Å². The highest BCUT2D eigenvalue weighted by atomic mass is 16.5. The lowest BCUT2D eigenvalue weighted by Gasteiger charge is -2.25. The Morgan fingerprint density at radius 2 is 1.61 bits per heavy atom. The van der Waals surface area contributed by atoms with E-state index in [-0.39, 0.29) is 16.8 Å². The van der Waals surface area contributed by atoms with Gasteiger partial charge in [0.05, 0.1) is 37.7 Å². The highest BCUT2D eigenvalue weighted by Gasteiger charge is 2.29. The summed E-state index contributed by atoms with van der Waals surface area (Å²) in [5.74, 6) is -1.17. The van der Waals surface area contributed by atoms with Crippen LogP contribution in [0.1, 0.15) is 17.3 Å². The van der Waals surface area contributed by atoms with Crippen molar-refractivity contribution >= 4 is 29.2 Å². The lowest BCUT2D eigenvalue weighted by molar-refractivity contribution is -0.139. The number of para-hydroxylation sites is 1. The van der Waals surface area contributed by atoms with Gasteiger partial charge >= 0.3 is 11.9 Å². The molecule has 8 nitrogen and oxygen atoms in total. The molecular formula is C25H24N2O6. The van der Waals surface area contributed by atoms with E-state index in [1.54, 1.807) is 66.9 Å². The zero-order valence-electron chi connectivity index (χ0n) is 18.5. The average molecular weight is 448 g/mol. The molecule has 1 aliphatic rings. The second kappa shape index (κ2) is 10.8. The van der Waals surface area contributed by atoms with Gasteiger partial charge in [-0.15, -0.1) is 0 Å². The van der Waals surface area contributed by atoms with E-state index in [2.05, 4.69) is 5.32 Å². The molecule has 170 valence electrons. The summed E-state index contributed by atoms with van der Waals surface area (Å²) < 4.78 is 15.2. The van der Waals surface area contributed by atoms with E-state index in [4.69, 9.17) is 14.2 Å². The fraction of sp³-hybridized carbons (Fsp3) is 0.160. The lowest BCUT2D eigenvalue weighted by atomic mass is 10.1. The van der Waals surface area contributed by atoms with Crippen LogP contribution in [0.5, 0.6) is 5.75 Å². The monoisotopic (exact) mass is 448 g/mol. The number of amides is 1. The number of nitrogens with zero attached hydrogens (tertiary/aromatic N) is 1. The third-order valence-electron chi connectivity index (χ3n) is 4.72. The molecule has 0 saturated heterocycles. The molecule has 0 aliphatic carbocycles. The first-order valence-corrected chi connectivity index (χ1v) is 10.2. The third-order valence-corrected chi connectivity index (χ3v) is 4.72. The fourth-order valence-corrected chi connectivity index (χ4v) is 3.23. The van der Waals surface area contributed by atoms with Crippen LogP contribution in [0.2, 0.25) is 0 Å². The number of carbonyl (C=O) groups excluding carboxylic acids is 3. The van der Waals surface area contributed by atoms with Gasteiger partial charge < -0.3 is 24.4 Å². The number of esters is 2. The summed E-state index contributed by atoms with van der Waals surface area (Å²) in [6.07, 6.45) is 6.26. The third kappa shape index (κ3) is 5.30. The molecule has 0 fully saturated rings. The maximum atomic E-state index is 13.2. The van der Waals surface area contributed by atoms with Gasteiger partial charge in [-0.3, -0.25) is 4.79 Å². The molecule has 0 aromatic heterocycles. The number of benzene rings is 2. The molecule has 2 aromatic rings. The molecular weight excluding hydrogens is 424 g/mol. The molecule has 8 heteroatoms. The molecule has 2 aromatic carbocycles. The number of methoxy groups -OCH3 is 2. The number of ether oxygens (including phenoxy) is 3. The number of hydrogen-bond donors (Lipinski definition) is 1. The summed E-state index contributed by atoms with van der Waals surface area (Å²) in [6, 6.07) is 13.7. The lowest BCUT2D eigenvalue weighted by Crippen LogP contribution is -2.28. The summed E-state index contributed by atoms with van der Waals surface area (Å²) in [7, 11) is 2.43. The highest BCUT2D eigenvalue weighted by Crippen LogP contribution is 2.30. The van der Waals surface area contributed by atoms with Crippen LogP contribution in [0.4, 0.5) is 11.4 Å². The Bertz CT molecular complexity index is 1130. The Labute approximate surface area is 191 Å². The molecule has 0 bridgehead atoms. The first kappa shape index (κ1) is 23.3. The molecule has 1 aliphatic heterocycles. The highest BCUT2D eigenvalue weighted by molar-refractivity contribution is 6.11. The molecule has 0 spiro atoms. The minimum atomic E-state index is -0.756. The van der Waals surface area contributed by atoms with Gasteiger partial charge in [-0.2, -0.15) is 0 Å². The van der Waals surface area contributed by atoms with Crippen molar-refractivity contribution < 1.29 is 28.6 Å². The van der Waals surface area contributed by atoms with Crippen molar-refractivity contribution in [3.8, 4) is 5.75 Å². The standard InChI is InChI=1S/C25H24N2O6/c1-4-33-18-14-12-17(13-15-18)26-23(28)19-9-5-6-11-21(19)27-16-8-7-10-20(24(29)31-2)22(27)25(30)32-3/h5-16H,4H2,1-3H3,(H,26,28). The predicted molar refractivity (Wildman–Crippen MR) is 124 cm³/mol. The van der Waals surface area contributed by atoms with Gasteiger partial charge in [-0.05, 0) is 55.5 Å². The zero-order chi connectivity index (χ0) is 23.8. The van der Waals surface area contributed by atoms with Gasteiger partial charge in [0.15, 0.2) is 0 Å². The second-order valence-corrected chi connectivity index (χ2v) is 6.74. The van der Waals surface area contributed by atoms with Crippen molar-refractivity contribution in [2.75, 3.05) is 31.0 Å². The smallest absolute Gasteiger partial charge is 0.355 e. The average Bonchev–Trinajstić information content (AvgIpc) is 3.07. The van der Waals surface area contributed by atoms with Crippen LogP contribution in [0.25, 0.3) is 0 Å². The van der Waals surface area contributed by atoms with E-state index in [0.29, 0.717) is 23.7 Å². The van der Waals surface area contributed by atoms with E-state index >= 15 is 0 Å². The Morgan fingerprint density at radius 3 is 2.27 bits per heavy atom. The van der Waals surface area contributed by atoms with Crippen molar-refractivity contribution in [2.45, 2.75) is 6.92 Å². The van der Waals surface area contributed by atoms with E-state index in [1.807, 2.05) is 6.92 Å². The van der Waals surface area contributed by atoms with Gasteiger partial charge in [0.1, 0.15) is 11.4 Å². The summed E-state index contributed by atoms with van der Waals surface area (Å²) in [4.78, 5) is 39.7. The van der Waals surface area contributed by atoms with Crippen molar-refractivity contribution in [3.05, 3.63) is 89.8 Å². The molecule has 1 N–H and O–H groups in total. The zero-order valence-corrected chi connectivity index (χ0v) is 18.5. The number of anilines is 2. The van der Waals surface area contributed by atoms with Gasteiger partial charge in [0.25, 0.3) is 5.91 Å². The Morgan fingerprint density at radius 1 is 0.909 bits per heavy atom. The number of carbonyl (C=O) groups is 3.